The monoisotopic (exact) mass is 343 g/mol. The average molecular weight is 344 g/mol. The molecule has 0 saturated heterocycles. The van der Waals surface area contributed by atoms with Crippen molar-refractivity contribution in [1.29, 1.82) is 0 Å². The van der Waals surface area contributed by atoms with Gasteiger partial charge < -0.3 is 10.5 Å². The number of hydrazine groups is 1. The SMILES string of the molecule is Cc1c(Br)cccc1C(=O)NNC(=O)CCOC(N)=O. The van der Waals surface area contributed by atoms with Crippen LogP contribution in [0, 0.1) is 6.92 Å². The number of rotatable bonds is 4. The van der Waals surface area contributed by atoms with E-state index >= 15 is 0 Å². The first-order valence-electron chi connectivity index (χ1n) is 5.68. The van der Waals surface area contributed by atoms with Crippen LogP contribution in [0.15, 0.2) is 22.7 Å². The Kier molecular flexibility index (Phi) is 5.98. The van der Waals surface area contributed by atoms with Crippen molar-refractivity contribution >= 4 is 33.8 Å². The lowest BCUT2D eigenvalue weighted by atomic mass is 10.1. The fourth-order valence-corrected chi connectivity index (χ4v) is 1.72. The van der Waals surface area contributed by atoms with Crippen LogP contribution in [0.5, 0.6) is 0 Å². The second-order valence-electron chi connectivity index (χ2n) is 3.83. The van der Waals surface area contributed by atoms with E-state index in [4.69, 9.17) is 5.73 Å². The van der Waals surface area contributed by atoms with Crippen molar-refractivity contribution in [2.24, 2.45) is 5.73 Å². The number of hydrogen-bond donors (Lipinski definition) is 3. The van der Waals surface area contributed by atoms with Gasteiger partial charge in [-0.15, -0.1) is 0 Å². The highest BCUT2D eigenvalue weighted by Crippen LogP contribution is 2.18. The summed E-state index contributed by atoms with van der Waals surface area (Å²) >= 11 is 3.31. The molecule has 1 aromatic carbocycles. The minimum Gasteiger partial charge on any atom is -0.449 e. The molecule has 0 saturated carbocycles. The predicted octanol–water partition coefficient (Wildman–Crippen LogP) is 1.00. The zero-order valence-corrected chi connectivity index (χ0v) is 12.3. The third-order valence-electron chi connectivity index (χ3n) is 2.40. The number of amides is 3. The number of nitrogens with one attached hydrogen (secondary N) is 2. The van der Waals surface area contributed by atoms with Crippen LogP contribution in [-0.4, -0.2) is 24.5 Å². The summed E-state index contributed by atoms with van der Waals surface area (Å²) in [5.41, 5.74) is 10.4. The van der Waals surface area contributed by atoms with Crippen LogP contribution in [0.2, 0.25) is 0 Å². The fraction of sp³-hybridized carbons (Fsp3) is 0.250. The lowest BCUT2D eigenvalue weighted by molar-refractivity contribution is -0.122. The minimum atomic E-state index is -0.952. The van der Waals surface area contributed by atoms with E-state index in [2.05, 4.69) is 31.5 Å². The molecule has 0 unspecified atom stereocenters. The summed E-state index contributed by atoms with van der Waals surface area (Å²) in [5.74, 6) is -0.930. The van der Waals surface area contributed by atoms with Gasteiger partial charge in [-0.25, -0.2) is 4.79 Å². The molecule has 1 aromatic rings. The topological polar surface area (TPSA) is 111 Å². The molecule has 0 atom stereocenters. The van der Waals surface area contributed by atoms with Crippen molar-refractivity contribution in [3.05, 3.63) is 33.8 Å². The minimum absolute atomic E-state index is 0.0965. The molecule has 3 amide bonds. The number of ether oxygens (including phenoxy) is 1. The number of carbonyl (C=O) groups excluding carboxylic acids is 3. The summed E-state index contributed by atoms with van der Waals surface area (Å²) in [6, 6.07) is 5.16. The molecule has 20 heavy (non-hydrogen) atoms. The second-order valence-corrected chi connectivity index (χ2v) is 4.69. The van der Waals surface area contributed by atoms with Gasteiger partial charge in [-0.3, -0.25) is 20.4 Å². The van der Waals surface area contributed by atoms with Crippen molar-refractivity contribution in [3.63, 3.8) is 0 Å². The maximum Gasteiger partial charge on any atom is 0.404 e. The fourth-order valence-electron chi connectivity index (χ4n) is 1.35. The van der Waals surface area contributed by atoms with Gasteiger partial charge in [0.1, 0.15) is 6.61 Å². The summed E-state index contributed by atoms with van der Waals surface area (Å²) < 4.78 is 5.20. The number of benzene rings is 1. The summed E-state index contributed by atoms with van der Waals surface area (Å²) in [4.78, 5) is 33.5. The first kappa shape index (κ1) is 16.0. The van der Waals surface area contributed by atoms with E-state index < -0.39 is 17.9 Å². The van der Waals surface area contributed by atoms with Gasteiger partial charge in [-0.1, -0.05) is 22.0 Å². The van der Waals surface area contributed by atoms with Crippen molar-refractivity contribution in [3.8, 4) is 0 Å². The largest absolute Gasteiger partial charge is 0.449 e. The quantitative estimate of drug-likeness (QED) is 0.708. The summed E-state index contributed by atoms with van der Waals surface area (Å²) in [5, 5.41) is 0. The van der Waals surface area contributed by atoms with Crippen LogP contribution in [-0.2, 0) is 9.53 Å². The van der Waals surface area contributed by atoms with Crippen LogP contribution in [0.25, 0.3) is 0 Å². The van der Waals surface area contributed by atoms with Crippen LogP contribution >= 0.6 is 15.9 Å². The van der Waals surface area contributed by atoms with Gasteiger partial charge in [-0.2, -0.15) is 0 Å². The molecule has 8 heteroatoms. The van der Waals surface area contributed by atoms with Crippen LogP contribution < -0.4 is 16.6 Å². The molecule has 0 aliphatic heterocycles. The van der Waals surface area contributed by atoms with E-state index in [0.29, 0.717) is 5.56 Å². The maximum atomic E-state index is 11.9. The lowest BCUT2D eigenvalue weighted by Gasteiger charge is -2.10. The molecular weight excluding hydrogens is 330 g/mol. The third-order valence-corrected chi connectivity index (χ3v) is 3.26. The smallest absolute Gasteiger partial charge is 0.404 e. The standard InChI is InChI=1S/C12H14BrN3O4/c1-7-8(3-2-4-9(7)13)11(18)16-15-10(17)5-6-20-12(14)19/h2-4H,5-6H2,1H3,(H2,14,19)(H,15,17)(H,16,18). The first-order valence-corrected chi connectivity index (χ1v) is 6.47. The van der Waals surface area contributed by atoms with Crippen LogP contribution in [0.3, 0.4) is 0 Å². The average Bonchev–Trinajstić information content (AvgIpc) is 2.38. The van der Waals surface area contributed by atoms with Gasteiger partial charge in [0.15, 0.2) is 0 Å². The molecule has 0 heterocycles. The third kappa shape index (κ3) is 4.88. The van der Waals surface area contributed by atoms with Crippen molar-refractivity contribution < 1.29 is 19.1 Å². The van der Waals surface area contributed by atoms with Crippen molar-refractivity contribution in [2.75, 3.05) is 6.61 Å². The molecule has 108 valence electrons. The Morgan fingerprint density at radius 3 is 2.65 bits per heavy atom. The number of halogens is 1. The zero-order chi connectivity index (χ0) is 15.1. The number of primary amides is 1. The molecule has 0 aromatic heterocycles. The molecule has 1 rings (SSSR count). The predicted molar refractivity (Wildman–Crippen MR) is 74.6 cm³/mol. The Balaban J connectivity index is 2.45. The Morgan fingerprint density at radius 2 is 2.00 bits per heavy atom. The first-order chi connectivity index (χ1) is 9.41. The van der Waals surface area contributed by atoms with Gasteiger partial charge in [0, 0.05) is 10.0 Å². The number of carbonyl (C=O) groups is 3. The highest BCUT2D eigenvalue weighted by Gasteiger charge is 2.11. The van der Waals surface area contributed by atoms with Gasteiger partial charge >= 0.3 is 6.09 Å². The number of nitrogens with two attached hydrogens (primary N) is 1. The molecular formula is C12H14BrN3O4. The summed E-state index contributed by atoms with van der Waals surface area (Å²) in [6.45, 7) is 1.63. The summed E-state index contributed by atoms with van der Waals surface area (Å²) in [6.07, 6.45) is -1.05. The lowest BCUT2D eigenvalue weighted by Crippen LogP contribution is -2.42. The highest BCUT2D eigenvalue weighted by atomic mass is 79.9. The van der Waals surface area contributed by atoms with Gasteiger partial charge in [-0.05, 0) is 24.6 Å². The molecule has 0 aliphatic carbocycles. The van der Waals surface area contributed by atoms with E-state index in [1.807, 2.05) is 6.07 Å². The molecule has 7 nitrogen and oxygen atoms in total. The Hall–Kier alpha value is -2.09. The normalized spacial score (nSPS) is 9.70. The van der Waals surface area contributed by atoms with E-state index in [0.717, 1.165) is 10.0 Å². The van der Waals surface area contributed by atoms with E-state index in [9.17, 15) is 14.4 Å². The molecule has 0 bridgehead atoms. The zero-order valence-electron chi connectivity index (χ0n) is 10.7. The summed E-state index contributed by atoms with van der Waals surface area (Å²) in [7, 11) is 0. The number of hydrogen-bond acceptors (Lipinski definition) is 4. The highest BCUT2D eigenvalue weighted by molar-refractivity contribution is 9.10. The Morgan fingerprint density at radius 1 is 1.30 bits per heavy atom. The van der Waals surface area contributed by atoms with Gasteiger partial charge in [0.25, 0.3) is 5.91 Å². The molecule has 0 fully saturated rings. The molecule has 4 N–H and O–H groups in total. The maximum absolute atomic E-state index is 11.9. The van der Waals surface area contributed by atoms with Crippen molar-refractivity contribution in [1.82, 2.24) is 10.9 Å². The van der Waals surface area contributed by atoms with Crippen LogP contribution in [0.1, 0.15) is 22.3 Å². The molecule has 0 radical (unpaired) electrons. The van der Waals surface area contributed by atoms with Crippen LogP contribution in [0.4, 0.5) is 4.79 Å². The van der Waals surface area contributed by atoms with Gasteiger partial charge in [0.05, 0.1) is 6.42 Å². The van der Waals surface area contributed by atoms with E-state index in [-0.39, 0.29) is 13.0 Å². The Bertz CT molecular complexity index is 533. The van der Waals surface area contributed by atoms with E-state index in [1.54, 1.807) is 19.1 Å². The Labute approximate surface area is 123 Å². The second kappa shape index (κ2) is 7.49. The van der Waals surface area contributed by atoms with Gasteiger partial charge in [0.2, 0.25) is 5.91 Å². The van der Waals surface area contributed by atoms with Crippen molar-refractivity contribution in [2.45, 2.75) is 13.3 Å². The molecule has 0 aliphatic rings. The van der Waals surface area contributed by atoms with E-state index in [1.165, 1.54) is 0 Å². The molecule has 0 spiro atoms.